The summed E-state index contributed by atoms with van der Waals surface area (Å²) in [6.07, 6.45) is 6.68. The fourth-order valence-electron chi connectivity index (χ4n) is 3.43. The molecule has 1 atom stereocenters. The first-order valence-electron chi connectivity index (χ1n) is 7.53. The number of hydrogen-bond donors (Lipinski definition) is 2. The second kappa shape index (κ2) is 5.65. The van der Waals surface area contributed by atoms with Crippen molar-refractivity contribution >= 4 is 17.7 Å². The van der Waals surface area contributed by atoms with Gasteiger partial charge in [-0.05, 0) is 49.2 Å². The molecule has 1 heterocycles. The molecule has 1 spiro atoms. The summed E-state index contributed by atoms with van der Waals surface area (Å²) in [5.41, 5.74) is 0.424. The molecular formula is C15H27NO2S. The molecule has 2 fully saturated rings. The van der Waals surface area contributed by atoms with Crippen LogP contribution in [-0.4, -0.2) is 27.7 Å². The molecule has 19 heavy (non-hydrogen) atoms. The zero-order valence-corrected chi connectivity index (χ0v) is 13.2. The molecule has 1 saturated carbocycles. The third-order valence-electron chi connectivity index (χ3n) is 5.33. The van der Waals surface area contributed by atoms with Gasteiger partial charge in [-0.25, -0.2) is 0 Å². The van der Waals surface area contributed by atoms with E-state index in [2.05, 4.69) is 26.1 Å². The van der Waals surface area contributed by atoms with Crippen LogP contribution >= 0.6 is 11.8 Å². The third kappa shape index (κ3) is 3.27. The highest BCUT2D eigenvalue weighted by atomic mass is 32.2. The molecule has 2 rings (SSSR count). The van der Waals surface area contributed by atoms with Crippen LogP contribution in [0.15, 0.2) is 0 Å². The van der Waals surface area contributed by atoms with Gasteiger partial charge >= 0.3 is 5.97 Å². The molecule has 0 amide bonds. The molecule has 0 aromatic rings. The molecule has 3 nitrogen and oxygen atoms in total. The monoisotopic (exact) mass is 285 g/mol. The van der Waals surface area contributed by atoms with E-state index in [1.54, 1.807) is 0 Å². The van der Waals surface area contributed by atoms with E-state index in [4.69, 9.17) is 0 Å². The highest BCUT2D eigenvalue weighted by molar-refractivity contribution is 8.00. The van der Waals surface area contributed by atoms with Gasteiger partial charge in [0.25, 0.3) is 0 Å². The van der Waals surface area contributed by atoms with E-state index in [9.17, 15) is 9.90 Å². The molecule has 2 aliphatic rings. The molecule has 1 unspecified atom stereocenters. The van der Waals surface area contributed by atoms with Gasteiger partial charge in [0.1, 0.15) is 6.04 Å². The molecule has 1 aliphatic heterocycles. The van der Waals surface area contributed by atoms with Crippen molar-refractivity contribution in [1.82, 2.24) is 5.32 Å². The van der Waals surface area contributed by atoms with Crippen LogP contribution in [0.1, 0.15) is 59.3 Å². The SMILES string of the molecule is CCC(C)(C)C1CCC2(CC1)NC(C(=O)O)CCS2. The zero-order valence-electron chi connectivity index (χ0n) is 12.4. The Hall–Kier alpha value is -0.220. The van der Waals surface area contributed by atoms with Crippen molar-refractivity contribution in [2.24, 2.45) is 11.3 Å². The van der Waals surface area contributed by atoms with Gasteiger partial charge in [0.05, 0.1) is 4.87 Å². The number of nitrogens with one attached hydrogen (secondary N) is 1. The zero-order chi connectivity index (χ0) is 14.1. The largest absolute Gasteiger partial charge is 0.480 e. The maximum absolute atomic E-state index is 11.2. The van der Waals surface area contributed by atoms with Gasteiger partial charge in [-0.3, -0.25) is 10.1 Å². The first-order chi connectivity index (χ1) is 8.88. The lowest BCUT2D eigenvalue weighted by Gasteiger charge is -2.48. The van der Waals surface area contributed by atoms with Crippen molar-refractivity contribution in [3.8, 4) is 0 Å². The van der Waals surface area contributed by atoms with E-state index in [1.807, 2.05) is 11.8 Å². The second-order valence-corrected chi connectivity index (χ2v) is 8.26. The third-order valence-corrected chi connectivity index (χ3v) is 6.85. The summed E-state index contributed by atoms with van der Waals surface area (Å²) in [5, 5.41) is 12.6. The summed E-state index contributed by atoms with van der Waals surface area (Å²) in [5.74, 6) is 1.08. The van der Waals surface area contributed by atoms with Crippen LogP contribution in [0.3, 0.4) is 0 Å². The lowest BCUT2D eigenvalue weighted by Crippen LogP contribution is -2.56. The number of carboxylic acids is 1. The fraction of sp³-hybridized carbons (Fsp3) is 0.933. The normalized spacial score (nSPS) is 36.4. The van der Waals surface area contributed by atoms with Crippen molar-refractivity contribution in [2.75, 3.05) is 5.75 Å². The number of carboxylic acid groups (broad SMARTS) is 1. The fourth-order valence-corrected chi connectivity index (χ4v) is 4.93. The van der Waals surface area contributed by atoms with Gasteiger partial charge in [0.15, 0.2) is 0 Å². The van der Waals surface area contributed by atoms with E-state index in [1.165, 1.54) is 19.3 Å². The minimum Gasteiger partial charge on any atom is -0.480 e. The topological polar surface area (TPSA) is 49.3 Å². The van der Waals surface area contributed by atoms with Crippen molar-refractivity contribution in [2.45, 2.75) is 70.2 Å². The number of rotatable bonds is 3. The minimum absolute atomic E-state index is 0.0433. The predicted octanol–water partition coefficient (Wildman–Crippen LogP) is 3.49. The first-order valence-corrected chi connectivity index (χ1v) is 8.51. The van der Waals surface area contributed by atoms with Crippen LogP contribution in [0.2, 0.25) is 0 Å². The smallest absolute Gasteiger partial charge is 0.320 e. The summed E-state index contributed by atoms with van der Waals surface area (Å²) in [6.45, 7) is 7.02. The minimum atomic E-state index is -0.685. The van der Waals surface area contributed by atoms with Crippen LogP contribution in [0.4, 0.5) is 0 Å². The Morgan fingerprint density at radius 3 is 2.53 bits per heavy atom. The quantitative estimate of drug-likeness (QED) is 0.833. The van der Waals surface area contributed by atoms with E-state index in [0.29, 0.717) is 5.41 Å². The Labute approximate surface area is 120 Å². The molecule has 110 valence electrons. The predicted molar refractivity (Wildman–Crippen MR) is 80.4 cm³/mol. The average Bonchev–Trinajstić information content (AvgIpc) is 2.39. The van der Waals surface area contributed by atoms with Gasteiger partial charge in [0, 0.05) is 0 Å². The van der Waals surface area contributed by atoms with E-state index in [0.717, 1.165) is 30.9 Å². The van der Waals surface area contributed by atoms with E-state index < -0.39 is 5.97 Å². The van der Waals surface area contributed by atoms with Gasteiger partial charge in [0.2, 0.25) is 0 Å². The standard InChI is InChI=1S/C15H27NO2S/c1-4-14(2,3)11-5-8-15(9-6-11)16-12(13(17)18)7-10-19-15/h11-12,16H,4-10H2,1-3H3,(H,17,18). The van der Waals surface area contributed by atoms with Crippen molar-refractivity contribution in [3.63, 3.8) is 0 Å². The highest BCUT2D eigenvalue weighted by Gasteiger charge is 2.43. The van der Waals surface area contributed by atoms with Crippen molar-refractivity contribution in [1.29, 1.82) is 0 Å². The Morgan fingerprint density at radius 2 is 2.00 bits per heavy atom. The average molecular weight is 285 g/mol. The van der Waals surface area contributed by atoms with Crippen LogP contribution in [0, 0.1) is 11.3 Å². The van der Waals surface area contributed by atoms with Crippen molar-refractivity contribution < 1.29 is 9.90 Å². The lowest BCUT2D eigenvalue weighted by molar-refractivity contribution is -0.140. The maximum atomic E-state index is 11.2. The maximum Gasteiger partial charge on any atom is 0.320 e. The molecule has 0 aromatic carbocycles. The van der Waals surface area contributed by atoms with Gasteiger partial charge < -0.3 is 5.11 Å². The number of aliphatic carboxylic acids is 1. The lowest BCUT2D eigenvalue weighted by atomic mass is 9.68. The van der Waals surface area contributed by atoms with Crippen LogP contribution in [0.25, 0.3) is 0 Å². The van der Waals surface area contributed by atoms with E-state index in [-0.39, 0.29) is 10.9 Å². The summed E-state index contributed by atoms with van der Waals surface area (Å²) in [7, 11) is 0. The van der Waals surface area contributed by atoms with Crippen LogP contribution < -0.4 is 5.32 Å². The molecule has 0 aromatic heterocycles. The Kier molecular flexibility index (Phi) is 4.51. The number of hydrogen-bond acceptors (Lipinski definition) is 3. The molecular weight excluding hydrogens is 258 g/mol. The molecule has 1 aliphatic carbocycles. The summed E-state index contributed by atoms with van der Waals surface area (Å²) in [6, 6.07) is -0.336. The molecule has 1 saturated heterocycles. The molecule has 2 N–H and O–H groups in total. The van der Waals surface area contributed by atoms with Gasteiger partial charge in [-0.2, -0.15) is 0 Å². The van der Waals surface area contributed by atoms with Gasteiger partial charge in [-0.15, -0.1) is 11.8 Å². The van der Waals surface area contributed by atoms with Gasteiger partial charge in [-0.1, -0.05) is 27.2 Å². The molecule has 0 radical (unpaired) electrons. The Bertz CT molecular complexity index is 335. The summed E-state index contributed by atoms with van der Waals surface area (Å²) < 4.78 is 0. The van der Waals surface area contributed by atoms with Crippen molar-refractivity contribution in [3.05, 3.63) is 0 Å². The summed E-state index contributed by atoms with van der Waals surface area (Å²) in [4.78, 5) is 11.2. The Balaban J connectivity index is 1.96. The highest BCUT2D eigenvalue weighted by Crippen LogP contribution is 2.48. The number of thioether (sulfide) groups is 1. The molecule has 0 bridgehead atoms. The summed E-state index contributed by atoms with van der Waals surface area (Å²) >= 11 is 1.95. The molecule has 4 heteroatoms. The second-order valence-electron chi connectivity index (χ2n) is 6.78. The van der Waals surface area contributed by atoms with Crippen LogP contribution in [-0.2, 0) is 4.79 Å². The first kappa shape index (κ1) is 15.2. The number of carbonyl (C=O) groups is 1. The van der Waals surface area contributed by atoms with E-state index >= 15 is 0 Å². The Morgan fingerprint density at radius 1 is 1.37 bits per heavy atom. The van der Waals surface area contributed by atoms with Crippen LogP contribution in [0.5, 0.6) is 0 Å².